The van der Waals surface area contributed by atoms with Crippen molar-refractivity contribution in [2.24, 2.45) is 0 Å². The van der Waals surface area contributed by atoms with Crippen molar-refractivity contribution in [3.05, 3.63) is 0 Å². The lowest BCUT2D eigenvalue weighted by Gasteiger charge is -2.14. The highest BCUT2D eigenvalue weighted by molar-refractivity contribution is 7.09. The zero-order valence-electron chi connectivity index (χ0n) is 7.20. The first kappa shape index (κ1) is 9.90. The Morgan fingerprint density at radius 3 is 2.75 bits per heavy atom. The quantitative estimate of drug-likeness (QED) is 0.491. The Bertz CT molecular complexity index is 180. The molecule has 0 radical (unpaired) electrons. The average Bonchev–Trinajstić information content (AvgIpc) is 2.20. The molecule has 0 amide bonds. The molecule has 1 rings (SSSR count). The van der Waals surface area contributed by atoms with Gasteiger partial charge in [0, 0.05) is 29.7 Å². The molecule has 0 bridgehead atoms. The Hall–Kier alpha value is -0.180. The normalized spacial score (nSPS) is 27.2. The van der Waals surface area contributed by atoms with Crippen molar-refractivity contribution in [2.45, 2.75) is 32.2 Å². The van der Waals surface area contributed by atoms with Crippen LogP contribution in [0.2, 0.25) is 0 Å². The summed E-state index contributed by atoms with van der Waals surface area (Å²) in [5.74, 6) is -1.08. The maximum Gasteiger partial charge on any atom is 0.338 e. The van der Waals surface area contributed by atoms with E-state index < -0.39 is 11.9 Å². The van der Waals surface area contributed by atoms with Gasteiger partial charge >= 0.3 is 5.97 Å². The molecule has 0 saturated carbocycles. The van der Waals surface area contributed by atoms with Crippen LogP contribution in [0.5, 0.6) is 0 Å². The summed E-state index contributed by atoms with van der Waals surface area (Å²) in [6, 6.07) is 0. The minimum absolute atomic E-state index is 0.304. The highest BCUT2D eigenvalue weighted by Gasteiger charge is 2.40. The van der Waals surface area contributed by atoms with Gasteiger partial charge in [0.1, 0.15) is 0 Å². The predicted molar refractivity (Wildman–Crippen MR) is 45.3 cm³/mol. The summed E-state index contributed by atoms with van der Waals surface area (Å²) in [6.45, 7) is 3.90. The molecule has 4 nitrogen and oxygen atoms in total. The van der Waals surface area contributed by atoms with Crippen LogP contribution in [0.25, 0.3) is 0 Å². The second-order valence-electron chi connectivity index (χ2n) is 3.09. The van der Waals surface area contributed by atoms with Gasteiger partial charge in [-0.1, -0.05) is 0 Å². The molecule has 1 heterocycles. The first-order chi connectivity index (χ1) is 5.55. The first-order valence-electron chi connectivity index (χ1n) is 3.77. The van der Waals surface area contributed by atoms with Crippen LogP contribution in [0, 0.1) is 0 Å². The summed E-state index contributed by atoms with van der Waals surface area (Å²) in [7, 11) is 2.13. The molecule has 12 heavy (non-hydrogen) atoms. The van der Waals surface area contributed by atoms with Crippen LogP contribution in [0.3, 0.4) is 0 Å². The second kappa shape index (κ2) is 3.69. The van der Waals surface area contributed by atoms with Crippen LogP contribution >= 0.6 is 9.47 Å². The maximum atomic E-state index is 11.1. The fourth-order valence-electron chi connectivity index (χ4n) is 1.07. The Kier molecular flexibility index (Phi) is 3.04. The van der Waals surface area contributed by atoms with Crippen LogP contribution in [0.15, 0.2) is 0 Å². The summed E-state index contributed by atoms with van der Waals surface area (Å²) in [5, 5.41) is 0. The SMILES string of the molecule is CC1(C)OC(=O)C(CCOP)O1. The number of rotatable bonds is 3. The van der Waals surface area contributed by atoms with E-state index in [1.165, 1.54) is 0 Å². The fraction of sp³-hybridized carbons (Fsp3) is 0.857. The maximum absolute atomic E-state index is 11.1. The number of esters is 1. The third kappa shape index (κ3) is 2.41. The Morgan fingerprint density at radius 1 is 1.67 bits per heavy atom. The minimum Gasteiger partial charge on any atom is -0.432 e. The fourth-order valence-corrected chi connectivity index (χ4v) is 1.21. The lowest BCUT2D eigenvalue weighted by Crippen LogP contribution is -2.21. The highest BCUT2D eigenvalue weighted by Crippen LogP contribution is 2.25. The van der Waals surface area contributed by atoms with Gasteiger partial charge in [-0.2, -0.15) is 0 Å². The summed E-state index contributed by atoms with van der Waals surface area (Å²) in [6.07, 6.45) is 0.0618. The zero-order valence-corrected chi connectivity index (χ0v) is 8.36. The lowest BCUT2D eigenvalue weighted by atomic mass is 10.3. The van der Waals surface area contributed by atoms with E-state index in [1.807, 2.05) is 0 Å². The third-order valence-corrected chi connectivity index (χ3v) is 1.77. The molecule has 0 aromatic heterocycles. The largest absolute Gasteiger partial charge is 0.432 e. The van der Waals surface area contributed by atoms with E-state index in [4.69, 9.17) is 14.0 Å². The summed E-state index contributed by atoms with van der Waals surface area (Å²) >= 11 is 0. The van der Waals surface area contributed by atoms with Gasteiger partial charge in [0.25, 0.3) is 0 Å². The number of carbonyl (C=O) groups excluding carboxylic acids is 1. The molecule has 1 aliphatic heterocycles. The van der Waals surface area contributed by atoms with Crippen LogP contribution < -0.4 is 0 Å². The van der Waals surface area contributed by atoms with Crippen molar-refractivity contribution >= 4 is 15.4 Å². The van der Waals surface area contributed by atoms with Crippen LogP contribution in [-0.4, -0.2) is 24.5 Å². The minimum atomic E-state index is -0.775. The third-order valence-electron chi connectivity index (χ3n) is 1.53. The van der Waals surface area contributed by atoms with Crippen LogP contribution in [0.1, 0.15) is 20.3 Å². The van der Waals surface area contributed by atoms with Gasteiger partial charge in [-0.3, -0.25) is 0 Å². The second-order valence-corrected chi connectivity index (χ2v) is 3.42. The van der Waals surface area contributed by atoms with E-state index >= 15 is 0 Å². The number of ether oxygens (including phenoxy) is 2. The highest BCUT2D eigenvalue weighted by atomic mass is 31.0. The Labute approximate surface area is 73.8 Å². The van der Waals surface area contributed by atoms with Crippen molar-refractivity contribution < 1.29 is 18.8 Å². The van der Waals surface area contributed by atoms with Crippen LogP contribution in [0.4, 0.5) is 0 Å². The molecule has 2 atom stereocenters. The van der Waals surface area contributed by atoms with Gasteiger partial charge in [-0.25, -0.2) is 4.79 Å². The zero-order chi connectivity index (χ0) is 9.19. The van der Waals surface area contributed by atoms with E-state index in [0.717, 1.165) is 0 Å². The smallest absolute Gasteiger partial charge is 0.338 e. The number of hydrogen-bond donors (Lipinski definition) is 0. The summed E-state index contributed by atoms with van der Waals surface area (Å²) in [5.41, 5.74) is 0. The Balaban J connectivity index is 2.42. The first-order valence-corrected chi connectivity index (χ1v) is 4.24. The predicted octanol–water partition coefficient (Wildman–Crippen LogP) is 0.861. The average molecular weight is 192 g/mol. The van der Waals surface area contributed by atoms with Gasteiger partial charge in [-0.05, 0) is 0 Å². The molecular formula is C7H13O4P. The van der Waals surface area contributed by atoms with Gasteiger partial charge in [0.15, 0.2) is 6.10 Å². The van der Waals surface area contributed by atoms with Crippen molar-refractivity contribution in [3.8, 4) is 0 Å². The molecule has 5 heteroatoms. The molecule has 2 unspecified atom stereocenters. The molecule has 0 spiro atoms. The molecule has 1 saturated heterocycles. The van der Waals surface area contributed by atoms with E-state index in [1.54, 1.807) is 13.8 Å². The molecule has 0 aromatic rings. The lowest BCUT2D eigenvalue weighted by molar-refractivity contribution is -0.160. The van der Waals surface area contributed by atoms with Crippen molar-refractivity contribution in [3.63, 3.8) is 0 Å². The van der Waals surface area contributed by atoms with Crippen LogP contribution in [-0.2, 0) is 18.8 Å². The van der Waals surface area contributed by atoms with Crippen molar-refractivity contribution in [2.75, 3.05) is 6.61 Å². The van der Waals surface area contributed by atoms with Gasteiger partial charge < -0.3 is 14.0 Å². The summed E-state index contributed by atoms with van der Waals surface area (Å²) in [4.78, 5) is 11.1. The molecule has 1 fully saturated rings. The monoisotopic (exact) mass is 192 g/mol. The van der Waals surface area contributed by atoms with Gasteiger partial charge in [0.2, 0.25) is 5.79 Å². The topological polar surface area (TPSA) is 44.8 Å². The molecule has 70 valence electrons. The number of cyclic esters (lactones) is 1. The number of carbonyl (C=O) groups is 1. The molecule has 0 aliphatic carbocycles. The van der Waals surface area contributed by atoms with E-state index in [0.29, 0.717) is 13.0 Å². The molecular weight excluding hydrogens is 179 g/mol. The van der Waals surface area contributed by atoms with E-state index in [-0.39, 0.29) is 5.97 Å². The molecule has 1 aliphatic rings. The van der Waals surface area contributed by atoms with E-state index in [9.17, 15) is 4.79 Å². The Morgan fingerprint density at radius 2 is 2.33 bits per heavy atom. The van der Waals surface area contributed by atoms with E-state index in [2.05, 4.69) is 9.47 Å². The number of hydrogen-bond acceptors (Lipinski definition) is 4. The summed E-state index contributed by atoms with van der Waals surface area (Å²) < 4.78 is 15.0. The molecule has 0 aromatic carbocycles. The van der Waals surface area contributed by atoms with Crippen molar-refractivity contribution in [1.29, 1.82) is 0 Å². The molecule has 0 N–H and O–H groups in total. The van der Waals surface area contributed by atoms with Crippen molar-refractivity contribution in [1.82, 2.24) is 0 Å². The standard InChI is InChI=1S/C7H13O4P/c1-7(2)10-5(3-4-9-12)6(8)11-7/h5H,3-4,12H2,1-2H3. The van der Waals surface area contributed by atoms with Gasteiger partial charge in [-0.15, -0.1) is 0 Å². The van der Waals surface area contributed by atoms with Gasteiger partial charge in [0.05, 0.1) is 6.61 Å².